The van der Waals surface area contributed by atoms with Gasteiger partial charge in [-0.25, -0.2) is 0 Å². The van der Waals surface area contributed by atoms with Crippen molar-refractivity contribution in [1.82, 2.24) is 15.5 Å². The van der Waals surface area contributed by atoms with Crippen molar-refractivity contribution >= 4 is 5.91 Å². The molecule has 1 unspecified atom stereocenters. The normalized spacial score (nSPS) is 12.4. The van der Waals surface area contributed by atoms with Crippen LogP contribution in [0.3, 0.4) is 0 Å². The van der Waals surface area contributed by atoms with E-state index in [-0.39, 0.29) is 12.0 Å². The van der Waals surface area contributed by atoms with E-state index in [4.69, 9.17) is 4.52 Å². The number of carbonyl (C=O) groups is 1. The zero-order valence-corrected chi connectivity index (χ0v) is 11.0. The van der Waals surface area contributed by atoms with Crippen molar-refractivity contribution in [1.29, 1.82) is 0 Å². The minimum atomic E-state index is -0.327. The Labute approximate surface area is 107 Å². The van der Waals surface area contributed by atoms with E-state index in [1.807, 2.05) is 6.92 Å². The largest absolute Gasteiger partial charge is 0.393 e. The predicted octanol–water partition coefficient (Wildman–Crippen LogP) is 0.978. The first-order valence-electron chi connectivity index (χ1n) is 6.35. The number of hydrogen-bond donors (Lipinski definition) is 2. The molecule has 0 aromatic carbocycles. The van der Waals surface area contributed by atoms with Gasteiger partial charge in [0, 0.05) is 19.4 Å². The fraction of sp³-hybridized carbons (Fsp3) is 0.750. The summed E-state index contributed by atoms with van der Waals surface area (Å²) in [6.45, 7) is 4.20. The van der Waals surface area contributed by atoms with Crippen LogP contribution in [0, 0.1) is 6.92 Å². The Morgan fingerprint density at radius 1 is 1.56 bits per heavy atom. The van der Waals surface area contributed by atoms with Crippen LogP contribution in [0.25, 0.3) is 0 Å². The van der Waals surface area contributed by atoms with Crippen molar-refractivity contribution in [2.45, 2.75) is 52.1 Å². The molecule has 1 aromatic rings. The average molecular weight is 255 g/mol. The van der Waals surface area contributed by atoms with Crippen molar-refractivity contribution in [3.05, 3.63) is 11.7 Å². The molecular formula is C12H21N3O3. The van der Waals surface area contributed by atoms with E-state index in [2.05, 4.69) is 15.5 Å². The zero-order chi connectivity index (χ0) is 13.4. The Bertz CT molecular complexity index is 365. The van der Waals surface area contributed by atoms with Gasteiger partial charge in [-0.05, 0) is 26.2 Å². The highest BCUT2D eigenvalue weighted by molar-refractivity contribution is 5.75. The van der Waals surface area contributed by atoms with E-state index in [0.29, 0.717) is 50.4 Å². The third-order valence-electron chi connectivity index (χ3n) is 2.64. The smallest absolute Gasteiger partial charge is 0.226 e. The lowest BCUT2D eigenvalue weighted by molar-refractivity contribution is -0.121. The number of rotatable bonds is 8. The van der Waals surface area contributed by atoms with Crippen molar-refractivity contribution in [2.75, 3.05) is 6.54 Å². The van der Waals surface area contributed by atoms with Gasteiger partial charge < -0.3 is 14.9 Å². The van der Waals surface area contributed by atoms with E-state index in [1.54, 1.807) is 6.92 Å². The molecule has 6 nitrogen and oxygen atoms in total. The van der Waals surface area contributed by atoms with Gasteiger partial charge in [-0.1, -0.05) is 12.1 Å². The predicted molar refractivity (Wildman–Crippen MR) is 65.9 cm³/mol. The highest BCUT2D eigenvalue weighted by Crippen LogP contribution is 2.02. The number of hydrogen-bond acceptors (Lipinski definition) is 5. The van der Waals surface area contributed by atoms with Crippen LogP contribution < -0.4 is 5.32 Å². The maximum absolute atomic E-state index is 11.4. The van der Waals surface area contributed by atoms with Gasteiger partial charge in [0.2, 0.25) is 11.8 Å². The molecule has 18 heavy (non-hydrogen) atoms. The number of nitrogens with zero attached hydrogens (tertiary/aromatic N) is 2. The Balaban J connectivity index is 2.06. The topological polar surface area (TPSA) is 88.2 Å². The molecule has 1 heterocycles. The molecular weight excluding hydrogens is 234 g/mol. The van der Waals surface area contributed by atoms with Crippen molar-refractivity contribution in [2.24, 2.45) is 0 Å². The molecule has 1 atom stereocenters. The van der Waals surface area contributed by atoms with E-state index in [1.165, 1.54) is 0 Å². The molecule has 1 rings (SSSR count). The first-order chi connectivity index (χ1) is 8.61. The Kier molecular flexibility index (Phi) is 6.35. The number of amides is 1. The quantitative estimate of drug-likeness (QED) is 0.723. The molecule has 1 amide bonds. The van der Waals surface area contributed by atoms with Crippen LogP contribution >= 0.6 is 0 Å². The van der Waals surface area contributed by atoms with Crippen molar-refractivity contribution in [3.63, 3.8) is 0 Å². The van der Waals surface area contributed by atoms with Gasteiger partial charge in [-0.3, -0.25) is 4.79 Å². The lowest BCUT2D eigenvalue weighted by Crippen LogP contribution is -2.26. The molecule has 0 aliphatic rings. The second-order valence-corrected chi connectivity index (χ2v) is 4.29. The van der Waals surface area contributed by atoms with Gasteiger partial charge in [0.25, 0.3) is 0 Å². The van der Waals surface area contributed by atoms with Crippen LogP contribution in [-0.4, -0.2) is 33.8 Å². The number of aliphatic hydroxyl groups is 1. The molecule has 0 aliphatic carbocycles. The van der Waals surface area contributed by atoms with Crippen LogP contribution in [0.4, 0.5) is 0 Å². The third-order valence-corrected chi connectivity index (χ3v) is 2.64. The van der Waals surface area contributed by atoms with Gasteiger partial charge in [0.15, 0.2) is 5.82 Å². The zero-order valence-electron chi connectivity index (χ0n) is 11.0. The third kappa shape index (κ3) is 5.77. The van der Waals surface area contributed by atoms with Gasteiger partial charge in [0.1, 0.15) is 0 Å². The highest BCUT2D eigenvalue weighted by Gasteiger charge is 2.06. The fourth-order valence-corrected chi connectivity index (χ4v) is 1.51. The molecule has 0 saturated carbocycles. The molecule has 0 fully saturated rings. The first kappa shape index (κ1) is 14.6. The van der Waals surface area contributed by atoms with Crippen LogP contribution in [0.15, 0.2) is 4.52 Å². The molecule has 0 saturated heterocycles. The van der Waals surface area contributed by atoms with Gasteiger partial charge >= 0.3 is 0 Å². The Morgan fingerprint density at radius 3 is 2.94 bits per heavy atom. The first-order valence-corrected chi connectivity index (χ1v) is 6.35. The SMILES string of the molecule is CCC(O)CCNC(=O)CCCc1nc(C)no1. The van der Waals surface area contributed by atoms with E-state index < -0.39 is 0 Å². The second-order valence-electron chi connectivity index (χ2n) is 4.29. The second kappa shape index (κ2) is 7.81. The van der Waals surface area contributed by atoms with Gasteiger partial charge in [0.05, 0.1) is 6.10 Å². The minimum absolute atomic E-state index is 0.00506. The Hall–Kier alpha value is -1.43. The Morgan fingerprint density at radius 2 is 2.33 bits per heavy atom. The number of aliphatic hydroxyl groups excluding tert-OH is 1. The number of carbonyl (C=O) groups excluding carboxylic acids is 1. The van der Waals surface area contributed by atoms with Gasteiger partial charge in [-0.15, -0.1) is 0 Å². The van der Waals surface area contributed by atoms with Crippen LogP contribution in [0.5, 0.6) is 0 Å². The number of aromatic nitrogens is 2. The summed E-state index contributed by atoms with van der Waals surface area (Å²) < 4.78 is 4.95. The highest BCUT2D eigenvalue weighted by atomic mass is 16.5. The van der Waals surface area contributed by atoms with Gasteiger partial charge in [-0.2, -0.15) is 4.98 Å². The minimum Gasteiger partial charge on any atom is -0.393 e. The standard InChI is InChI=1S/C12H21N3O3/c1-3-10(16)7-8-13-11(17)5-4-6-12-14-9(2)15-18-12/h10,16H,3-8H2,1-2H3,(H,13,17). The van der Waals surface area contributed by atoms with Crippen LogP contribution in [-0.2, 0) is 11.2 Å². The lowest BCUT2D eigenvalue weighted by Gasteiger charge is -2.08. The van der Waals surface area contributed by atoms with Crippen LogP contribution in [0.2, 0.25) is 0 Å². The summed E-state index contributed by atoms with van der Waals surface area (Å²) in [5, 5.41) is 15.8. The summed E-state index contributed by atoms with van der Waals surface area (Å²) >= 11 is 0. The summed E-state index contributed by atoms with van der Waals surface area (Å²) in [7, 11) is 0. The molecule has 0 bridgehead atoms. The van der Waals surface area contributed by atoms with E-state index in [0.717, 1.165) is 0 Å². The maximum atomic E-state index is 11.4. The molecule has 0 radical (unpaired) electrons. The van der Waals surface area contributed by atoms with E-state index in [9.17, 15) is 9.90 Å². The maximum Gasteiger partial charge on any atom is 0.226 e. The molecule has 0 spiro atoms. The monoisotopic (exact) mass is 255 g/mol. The van der Waals surface area contributed by atoms with Crippen molar-refractivity contribution in [3.8, 4) is 0 Å². The molecule has 102 valence electrons. The summed E-state index contributed by atoms with van der Waals surface area (Å²) in [6.07, 6.45) is 2.73. The summed E-state index contributed by atoms with van der Waals surface area (Å²) in [6, 6.07) is 0. The lowest BCUT2D eigenvalue weighted by atomic mass is 10.2. The summed E-state index contributed by atoms with van der Waals surface area (Å²) in [4.78, 5) is 15.5. The average Bonchev–Trinajstić information content (AvgIpc) is 2.75. The number of aryl methyl sites for hydroxylation is 2. The molecule has 6 heteroatoms. The fourth-order valence-electron chi connectivity index (χ4n) is 1.51. The van der Waals surface area contributed by atoms with E-state index >= 15 is 0 Å². The van der Waals surface area contributed by atoms with Crippen molar-refractivity contribution < 1.29 is 14.4 Å². The van der Waals surface area contributed by atoms with Crippen LogP contribution in [0.1, 0.15) is 44.3 Å². The molecule has 1 aromatic heterocycles. The molecule has 2 N–H and O–H groups in total. The number of nitrogens with one attached hydrogen (secondary N) is 1. The molecule has 0 aliphatic heterocycles. The summed E-state index contributed by atoms with van der Waals surface area (Å²) in [5.74, 6) is 1.18. The summed E-state index contributed by atoms with van der Waals surface area (Å²) in [5.41, 5.74) is 0.